The predicted octanol–water partition coefficient (Wildman–Crippen LogP) is 5.66. The summed E-state index contributed by atoms with van der Waals surface area (Å²) in [6, 6.07) is 18.1. The Morgan fingerprint density at radius 3 is 2.48 bits per heavy atom. The molecule has 5 heteroatoms. The highest BCUT2D eigenvalue weighted by Crippen LogP contribution is 2.32. The number of carbonyl (C=O) groups excluding carboxylic acids is 2. The molecule has 1 N–H and O–H groups in total. The van der Waals surface area contributed by atoms with Gasteiger partial charge in [0.1, 0.15) is 6.10 Å². The molecule has 1 atom stereocenters. The second-order valence-electron chi connectivity index (χ2n) is 7.27. The first kappa shape index (κ1) is 19.2. The summed E-state index contributed by atoms with van der Waals surface area (Å²) in [4.78, 5) is 25.2. The van der Waals surface area contributed by atoms with Crippen molar-refractivity contribution >= 4 is 29.2 Å². The Hall–Kier alpha value is -3.11. The standard InChI is InChI=1S/C24H20ClNO3/c1-14-3-9-20(11-15(14)2)26-23(27)17-6-10-21-18(12-17)13-22(29-24(21)28)16-4-7-19(25)8-5-16/h3-12,22H,13H2,1-2H3,(H,26,27)/t22-/m1/s1. The summed E-state index contributed by atoms with van der Waals surface area (Å²) in [6.45, 7) is 4.03. The molecule has 1 heterocycles. The molecule has 146 valence electrons. The van der Waals surface area contributed by atoms with Crippen LogP contribution in [0.3, 0.4) is 0 Å². The smallest absolute Gasteiger partial charge is 0.339 e. The zero-order chi connectivity index (χ0) is 20.5. The van der Waals surface area contributed by atoms with Gasteiger partial charge in [-0.2, -0.15) is 0 Å². The van der Waals surface area contributed by atoms with Crippen LogP contribution in [0.15, 0.2) is 60.7 Å². The number of hydrogen-bond acceptors (Lipinski definition) is 3. The van der Waals surface area contributed by atoms with Gasteiger partial charge in [0.2, 0.25) is 0 Å². The average molecular weight is 406 g/mol. The van der Waals surface area contributed by atoms with Crippen LogP contribution in [0.5, 0.6) is 0 Å². The molecule has 0 saturated carbocycles. The molecule has 0 saturated heterocycles. The number of cyclic esters (lactones) is 1. The van der Waals surface area contributed by atoms with Crippen LogP contribution in [0.25, 0.3) is 0 Å². The fourth-order valence-electron chi connectivity index (χ4n) is 3.42. The molecule has 3 aromatic rings. The third-order valence-corrected chi connectivity index (χ3v) is 5.50. The molecule has 29 heavy (non-hydrogen) atoms. The van der Waals surface area contributed by atoms with Gasteiger partial charge in [0.05, 0.1) is 5.56 Å². The second-order valence-corrected chi connectivity index (χ2v) is 7.71. The largest absolute Gasteiger partial charge is 0.454 e. The van der Waals surface area contributed by atoms with Gasteiger partial charge in [0.15, 0.2) is 0 Å². The number of amides is 1. The lowest BCUT2D eigenvalue weighted by Gasteiger charge is -2.25. The van der Waals surface area contributed by atoms with Crippen molar-refractivity contribution in [2.24, 2.45) is 0 Å². The monoisotopic (exact) mass is 405 g/mol. The van der Waals surface area contributed by atoms with Crippen LogP contribution >= 0.6 is 11.6 Å². The quantitative estimate of drug-likeness (QED) is 0.572. The molecule has 0 unspecified atom stereocenters. The van der Waals surface area contributed by atoms with E-state index in [0.717, 1.165) is 22.4 Å². The Kier molecular flexibility index (Phi) is 5.12. The molecule has 0 aromatic heterocycles. The third kappa shape index (κ3) is 4.03. The van der Waals surface area contributed by atoms with Gasteiger partial charge in [-0.1, -0.05) is 29.8 Å². The number of rotatable bonds is 3. The van der Waals surface area contributed by atoms with Gasteiger partial charge in [0.25, 0.3) is 5.91 Å². The van der Waals surface area contributed by atoms with Crippen molar-refractivity contribution in [1.82, 2.24) is 0 Å². The minimum Gasteiger partial charge on any atom is -0.454 e. The molecule has 0 bridgehead atoms. The number of fused-ring (bicyclic) bond motifs is 1. The Bertz CT molecular complexity index is 1110. The maximum atomic E-state index is 12.7. The number of nitrogens with one attached hydrogen (secondary N) is 1. The SMILES string of the molecule is Cc1ccc(NC(=O)c2ccc3c(c2)C[C@H](c2ccc(Cl)cc2)OC3=O)cc1C. The van der Waals surface area contributed by atoms with Gasteiger partial charge in [-0.05, 0) is 78.6 Å². The Morgan fingerprint density at radius 2 is 1.76 bits per heavy atom. The topological polar surface area (TPSA) is 55.4 Å². The van der Waals surface area contributed by atoms with Gasteiger partial charge < -0.3 is 10.1 Å². The van der Waals surface area contributed by atoms with E-state index >= 15 is 0 Å². The lowest BCUT2D eigenvalue weighted by atomic mass is 9.93. The molecule has 0 radical (unpaired) electrons. The molecule has 1 aliphatic rings. The molecule has 3 aromatic carbocycles. The first-order chi connectivity index (χ1) is 13.9. The van der Waals surface area contributed by atoms with Crippen LogP contribution in [0.1, 0.15) is 49.1 Å². The van der Waals surface area contributed by atoms with Crippen molar-refractivity contribution in [3.05, 3.63) is 99.1 Å². The van der Waals surface area contributed by atoms with E-state index in [1.807, 2.05) is 44.2 Å². The third-order valence-electron chi connectivity index (χ3n) is 5.25. The van der Waals surface area contributed by atoms with E-state index in [4.69, 9.17) is 16.3 Å². The van der Waals surface area contributed by atoms with E-state index < -0.39 is 6.10 Å². The highest BCUT2D eigenvalue weighted by atomic mass is 35.5. The van der Waals surface area contributed by atoms with Gasteiger partial charge in [0, 0.05) is 22.7 Å². The number of anilines is 1. The summed E-state index contributed by atoms with van der Waals surface area (Å²) in [7, 11) is 0. The molecular weight excluding hydrogens is 386 g/mol. The predicted molar refractivity (Wildman–Crippen MR) is 114 cm³/mol. The normalized spacial score (nSPS) is 15.4. The number of aryl methyl sites for hydroxylation is 2. The lowest BCUT2D eigenvalue weighted by Crippen LogP contribution is -2.23. The molecule has 1 aliphatic heterocycles. The van der Waals surface area contributed by atoms with E-state index in [2.05, 4.69) is 5.32 Å². The summed E-state index contributed by atoms with van der Waals surface area (Å²) in [5, 5.41) is 3.55. The molecule has 0 spiro atoms. The minimum absolute atomic E-state index is 0.210. The molecule has 4 rings (SSSR count). The van der Waals surface area contributed by atoms with Crippen molar-refractivity contribution in [2.45, 2.75) is 26.4 Å². The summed E-state index contributed by atoms with van der Waals surface area (Å²) in [5.41, 5.74) is 5.70. The summed E-state index contributed by atoms with van der Waals surface area (Å²) in [5.74, 6) is -0.592. The fourth-order valence-corrected chi connectivity index (χ4v) is 3.55. The zero-order valence-corrected chi connectivity index (χ0v) is 16.9. The van der Waals surface area contributed by atoms with E-state index in [1.54, 1.807) is 30.3 Å². The van der Waals surface area contributed by atoms with Crippen LogP contribution in [-0.4, -0.2) is 11.9 Å². The lowest BCUT2D eigenvalue weighted by molar-refractivity contribution is 0.0252. The zero-order valence-electron chi connectivity index (χ0n) is 16.2. The highest BCUT2D eigenvalue weighted by molar-refractivity contribution is 6.30. The summed E-state index contributed by atoms with van der Waals surface area (Å²) in [6.07, 6.45) is 0.110. The molecule has 4 nitrogen and oxygen atoms in total. The number of esters is 1. The van der Waals surface area contributed by atoms with Crippen LogP contribution in [-0.2, 0) is 11.2 Å². The number of hydrogen-bond donors (Lipinski definition) is 1. The minimum atomic E-state index is -0.398. The van der Waals surface area contributed by atoms with Crippen LogP contribution in [0, 0.1) is 13.8 Å². The van der Waals surface area contributed by atoms with Crippen molar-refractivity contribution < 1.29 is 14.3 Å². The first-order valence-electron chi connectivity index (χ1n) is 9.38. The Labute approximate surface area is 174 Å². The van der Waals surface area contributed by atoms with Gasteiger partial charge in [-0.25, -0.2) is 4.79 Å². The number of benzene rings is 3. The average Bonchev–Trinajstić information content (AvgIpc) is 2.71. The maximum absolute atomic E-state index is 12.7. The first-order valence-corrected chi connectivity index (χ1v) is 9.76. The van der Waals surface area contributed by atoms with E-state index in [9.17, 15) is 9.59 Å². The van der Waals surface area contributed by atoms with E-state index in [-0.39, 0.29) is 11.9 Å². The second kappa shape index (κ2) is 7.72. The number of halogens is 1. The molecular formula is C24H20ClNO3. The fraction of sp³-hybridized carbons (Fsp3) is 0.167. The number of carbonyl (C=O) groups is 2. The van der Waals surface area contributed by atoms with Crippen molar-refractivity contribution in [2.75, 3.05) is 5.32 Å². The van der Waals surface area contributed by atoms with Crippen LogP contribution < -0.4 is 5.32 Å². The summed E-state index contributed by atoms with van der Waals surface area (Å²) >= 11 is 5.95. The molecule has 0 fully saturated rings. The van der Waals surface area contributed by atoms with Crippen molar-refractivity contribution in [3.8, 4) is 0 Å². The van der Waals surface area contributed by atoms with E-state index in [0.29, 0.717) is 22.6 Å². The van der Waals surface area contributed by atoms with Gasteiger partial charge in [-0.3, -0.25) is 4.79 Å². The molecule has 0 aliphatic carbocycles. The Balaban J connectivity index is 1.58. The number of ether oxygens (including phenoxy) is 1. The van der Waals surface area contributed by atoms with Crippen molar-refractivity contribution in [3.63, 3.8) is 0 Å². The van der Waals surface area contributed by atoms with Crippen LogP contribution in [0.2, 0.25) is 5.02 Å². The molecule has 1 amide bonds. The van der Waals surface area contributed by atoms with Crippen molar-refractivity contribution in [1.29, 1.82) is 0 Å². The van der Waals surface area contributed by atoms with Crippen LogP contribution in [0.4, 0.5) is 5.69 Å². The Morgan fingerprint density at radius 1 is 1.00 bits per heavy atom. The maximum Gasteiger partial charge on any atom is 0.339 e. The van der Waals surface area contributed by atoms with Gasteiger partial charge in [-0.15, -0.1) is 0 Å². The highest BCUT2D eigenvalue weighted by Gasteiger charge is 2.28. The summed E-state index contributed by atoms with van der Waals surface area (Å²) < 4.78 is 5.58. The van der Waals surface area contributed by atoms with Gasteiger partial charge >= 0.3 is 5.97 Å². The van der Waals surface area contributed by atoms with E-state index in [1.165, 1.54) is 5.56 Å².